The Hall–Kier alpha value is -1.88. The first-order valence-electron chi connectivity index (χ1n) is 9.19. The van der Waals surface area contributed by atoms with Crippen molar-refractivity contribution >= 4 is 5.82 Å². The first-order valence-corrected chi connectivity index (χ1v) is 9.19. The molecule has 3 heterocycles. The SMILES string of the molecule is O[C@@H]1C[C@H]2CN(c3ccc4c(n3)CCC4)C[C@H]2C[C@H]1n1cccn1. The third kappa shape index (κ3) is 2.34. The van der Waals surface area contributed by atoms with Crippen LogP contribution in [-0.2, 0) is 12.8 Å². The van der Waals surface area contributed by atoms with Crippen LogP contribution in [0.5, 0.6) is 0 Å². The van der Waals surface area contributed by atoms with E-state index in [-0.39, 0.29) is 12.1 Å². The molecule has 0 bridgehead atoms. The summed E-state index contributed by atoms with van der Waals surface area (Å²) in [7, 11) is 0. The molecule has 1 saturated heterocycles. The number of nitrogens with zero attached hydrogens (tertiary/aromatic N) is 4. The number of rotatable bonds is 2. The molecule has 2 aromatic rings. The van der Waals surface area contributed by atoms with Crippen LogP contribution in [0, 0.1) is 11.8 Å². The van der Waals surface area contributed by atoms with Crippen molar-refractivity contribution in [2.75, 3.05) is 18.0 Å². The molecule has 0 spiro atoms. The molecule has 0 aromatic carbocycles. The Morgan fingerprint density at radius 2 is 1.96 bits per heavy atom. The van der Waals surface area contributed by atoms with Crippen LogP contribution >= 0.6 is 0 Å². The number of fused-ring (bicyclic) bond motifs is 2. The predicted molar refractivity (Wildman–Crippen MR) is 92.0 cm³/mol. The van der Waals surface area contributed by atoms with Gasteiger partial charge in [0.2, 0.25) is 0 Å². The lowest BCUT2D eigenvalue weighted by Crippen LogP contribution is -2.36. The molecule has 1 aliphatic heterocycles. The maximum atomic E-state index is 10.6. The maximum absolute atomic E-state index is 10.6. The highest BCUT2D eigenvalue weighted by molar-refractivity contribution is 5.44. The Kier molecular flexibility index (Phi) is 3.37. The van der Waals surface area contributed by atoms with Gasteiger partial charge in [0.15, 0.2) is 0 Å². The van der Waals surface area contributed by atoms with Crippen LogP contribution in [0.15, 0.2) is 30.6 Å². The van der Waals surface area contributed by atoms with Gasteiger partial charge in [0, 0.05) is 31.2 Å². The lowest BCUT2D eigenvalue weighted by atomic mass is 9.77. The zero-order valence-electron chi connectivity index (χ0n) is 13.9. The molecule has 5 nitrogen and oxygen atoms in total. The van der Waals surface area contributed by atoms with Gasteiger partial charge in [-0.15, -0.1) is 0 Å². The summed E-state index contributed by atoms with van der Waals surface area (Å²) in [6.07, 6.45) is 8.92. The fourth-order valence-corrected chi connectivity index (χ4v) is 4.94. The van der Waals surface area contributed by atoms with E-state index in [9.17, 15) is 5.11 Å². The normalized spacial score (nSPS) is 32.0. The summed E-state index contributed by atoms with van der Waals surface area (Å²) in [6.45, 7) is 2.08. The molecule has 126 valence electrons. The van der Waals surface area contributed by atoms with Crippen LogP contribution < -0.4 is 4.90 Å². The van der Waals surface area contributed by atoms with E-state index in [1.807, 2.05) is 16.9 Å². The van der Waals surface area contributed by atoms with Gasteiger partial charge >= 0.3 is 0 Å². The van der Waals surface area contributed by atoms with Crippen LogP contribution in [0.2, 0.25) is 0 Å². The molecule has 1 N–H and O–H groups in total. The smallest absolute Gasteiger partial charge is 0.128 e. The molecule has 5 heteroatoms. The minimum atomic E-state index is -0.293. The number of hydrogen-bond acceptors (Lipinski definition) is 4. The largest absolute Gasteiger partial charge is 0.391 e. The first kappa shape index (κ1) is 14.5. The van der Waals surface area contributed by atoms with E-state index < -0.39 is 0 Å². The summed E-state index contributed by atoms with van der Waals surface area (Å²) in [6, 6.07) is 6.53. The predicted octanol–water partition coefficient (Wildman–Crippen LogP) is 2.22. The lowest BCUT2D eigenvalue weighted by molar-refractivity contribution is 0.0306. The Morgan fingerprint density at radius 3 is 2.79 bits per heavy atom. The zero-order valence-corrected chi connectivity index (χ0v) is 13.9. The number of aliphatic hydroxyl groups excluding tert-OH is 1. The average Bonchev–Trinajstić information content (AvgIpc) is 3.32. The highest BCUT2D eigenvalue weighted by atomic mass is 16.3. The van der Waals surface area contributed by atoms with Gasteiger partial charge in [-0.1, -0.05) is 6.07 Å². The molecule has 2 aliphatic carbocycles. The van der Waals surface area contributed by atoms with Crippen LogP contribution in [-0.4, -0.2) is 39.1 Å². The molecule has 0 amide bonds. The summed E-state index contributed by atoms with van der Waals surface area (Å²) in [4.78, 5) is 7.36. The molecule has 3 aliphatic rings. The number of pyridine rings is 1. The molecule has 1 saturated carbocycles. The standard InChI is InChI=1S/C19H24N4O/c24-18-10-15-12-22(19-6-5-13-3-1-4-16(13)21-19)11-14(15)9-17(18)23-8-2-7-20-23/h2,5-8,14-15,17-18,24H,1,3-4,9-12H2/t14-,15+,17-,18-/m1/s1. The first-order chi connectivity index (χ1) is 11.8. The van der Waals surface area contributed by atoms with E-state index in [2.05, 4.69) is 22.1 Å². The van der Waals surface area contributed by atoms with Gasteiger partial charge in [0.25, 0.3) is 0 Å². The maximum Gasteiger partial charge on any atom is 0.128 e. The molecule has 2 fully saturated rings. The second-order valence-electron chi connectivity index (χ2n) is 7.65. The Labute approximate surface area is 142 Å². The zero-order chi connectivity index (χ0) is 16.1. The number of aliphatic hydroxyl groups is 1. The van der Waals surface area contributed by atoms with E-state index in [1.54, 1.807) is 6.20 Å². The summed E-state index contributed by atoms with van der Waals surface area (Å²) in [5.41, 5.74) is 2.74. The summed E-state index contributed by atoms with van der Waals surface area (Å²) < 4.78 is 1.94. The van der Waals surface area contributed by atoms with Gasteiger partial charge in [0.1, 0.15) is 5.82 Å². The molecule has 0 unspecified atom stereocenters. The van der Waals surface area contributed by atoms with Gasteiger partial charge in [-0.25, -0.2) is 4.98 Å². The molecule has 24 heavy (non-hydrogen) atoms. The third-order valence-electron chi connectivity index (χ3n) is 6.21. The summed E-state index contributed by atoms with van der Waals surface area (Å²) in [5.74, 6) is 2.33. The van der Waals surface area contributed by atoms with Gasteiger partial charge in [-0.2, -0.15) is 5.10 Å². The van der Waals surface area contributed by atoms with E-state index >= 15 is 0 Å². The molecular formula is C19H24N4O. The average molecular weight is 324 g/mol. The number of aryl methyl sites for hydroxylation is 2. The van der Waals surface area contributed by atoms with E-state index in [4.69, 9.17) is 4.98 Å². The van der Waals surface area contributed by atoms with Crippen molar-refractivity contribution in [3.05, 3.63) is 41.9 Å². The van der Waals surface area contributed by atoms with Crippen molar-refractivity contribution in [2.45, 2.75) is 44.2 Å². The quantitative estimate of drug-likeness (QED) is 0.920. The number of anilines is 1. The second kappa shape index (κ2) is 5.59. The molecule has 4 atom stereocenters. The van der Waals surface area contributed by atoms with Gasteiger partial charge < -0.3 is 10.0 Å². The third-order valence-corrected chi connectivity index (χ3v) is 6.21. The number of hydrogen-bond donors (Lipinski definition) is 1. The minimum Gasteiger partial charge on any atom is -0.391 e. The van der Waals surface area contributed by atoms with Gasteiger partial charge in [-0.05, 0) is 61.6 Å². The fraction of sp³-hybridized carbons (Fsp3) is 0.579. The van der Waals surface area contributed by atoms with Crippen molar-refractivity contribution in [2.24, 2.45) is 11.8 Å². The Bertz CT molecular complexity index is 729. The van der Waals surface area contributed by atoms with Crippen LogP contribution in [0.25, 0.3) is 0 Å². The topological polar surface area (TPSA) is 54.2 Å². The molecule has 0 radical (unpaired) electrons. The molecule has 5 rings (SSSR count). The van der Waals surface area contributed by atoms with Crippen molar-refractivity contribution in [1.82, 2.24) is 14.8 Å². The molecule has 2 aromatic heterocycles. The van der Waals surface area contributed by atoms with Crippen molar-refractivity contribution in [1.29, 1.82) is 0 Å². The second-order valence-corrected chi connectivity index (χ2v) is 7.65. The number of aromatic nitrogens is 3. The summed E-state index contributed by atoms with van der Waals surface area (Å²) in [5, 5.41) is 14.9. The fourth-order valence-electron chi connectivity index (χ4n) is 4.94. The Balaban J connectivity index is 1.35. The van der Waals surface area contributed by atoms with Crippen LogP contribution in [0.1, 0.15) is 36.6 Å². The minimum absolute atomic E-state index is 0.120. The van der Waals surface area contributed by atoms with Gasteiger partial charge in [0.05, 0.1) is 12.1 Å². The van der Waals surface area contributed by atoms with Crippen molar-refractivity contribution < 1.29 is 5.11 Å². The van der Waals surface area contributed by atoms with E-state index in [0.29, 0.717) is 11.8 Å². The molecular weight excluding hydrogens is 300 g/mol. The lowest BCUT2D eigenvalue weighted by Gasteiger charge is -2.35. The van der Waals surface area contributed by atoms with Crippen molar-refractivity contribution in [3.63, 3.8) is 0 Å². The van der Waals surface area contributed by atoms with Crippen molar-refractivity contribution in [3.8, 4) is 0 Å². The van der Waals surface area contributed by atoms with Gasteiger partial charge in [-0.3, -0.25) is 4.68 Å². The highest BCUT2D eigenvalue weighted by Crippen LogP contribution is 2.42. The van der Waals surface area contributed by atoms with Crippen LogP contribution in [0.4, 0.5) is 5.82 Å². The van der Waals surface area contributed by atoms with E-state index in [1.165, 1.54) is 24.1 Å². The van der Waals surface area contributed by atoms with Crippen LogP contribution in [0.3, 0.4) is 0 Å². The Morgan fingerprint density at radius 1 is 1.08 bits per heavy atom. The highest BCUT2D eigenvalue weighted by Gasteiger charge is 2.42. The van der Waals surface area contributed by atoms with E-state index in [0.717, 1.165) is 38.2 Å². The summed E-state index contributed by atoms with van der Waals surface area (Å²) >= 11 is 0. The monoisotopic (exact) mass is 324 g/mol.